The fourth-order valence-corrected chi connectivity index (χ4v) is 3.52. The number of para-hydroxylation sites is 1. The van der Waals surface area contributed by atoms with Gasteiger partial charge in [0.05, 0.1) is 12.4 Å². The number of allylic oxidation sites excluding steroid dienone is 2. The van der Waals surface area contributed by atoms with Crippen LogP contribution in [-0.2, 0) is 9.53 Å². The van der Waals surface area contributed by atoms with Crippen molar-refractivity contribution in [1.82, 2.24) is 15.1 Å². The first-order valence-electron chi connectivity index (χ1n) is 13.5. The van der Waals surface area contributed by atoms with Crippen LogP contribution >= 0.6 is 0 Å². The van der Waals surface area contributed by atoms with Crippen LogP contribution in [0.3, 0.4) is 0 Å². The van der Waals surface area contributed by atoms with Crippen molar-refractivity contribution < 1.29 is 9.53 Å². The van der Waals surface area contributed by atoms with E-state index in [-0.39, 0.29) is 5.91 Å². The van der Waals surface area contributed by atoms with E-state index in [0.29, 0.717) is 6.54 Å². The second-order valence-corrected chi connectivity index (χ2v) is 9.00. The lowest BCUT2D eigenvalue weighted by Gasteiger charge is -2.20. The number of nitrogens with one attached hydrogen (secondary N) is 2. The van der Waals surface area contributed by atoms with Gasteiger partial charge in [-0.05, 0) is 89.3 Å². The minimum absolute atomic E-state index is 0.0172. The van der Waals surface area contributed by atoms with Crippen LogP contribution in [0.2, 0.25) is 0 Å². The fraction of sp³-hybridized carbons (Fsp3) is 0.516. The van der Waals surface area contributed by atoms with Gasteiger partial charge in [-0.25, -0.2) is 0 Å². The van der Waals surface area contributed by atoms with Crippen LogP contribution in [0.4, 0.5) is 5.69 Å². The van der Waals surface area contributed by atoms with E-state index < -0.39 is 0 Å². The molecule has 0 saturated carbocycles. The van der Waals surface area contributed by atoms with Crippen LogP contribution in [-0.4, -0.2) is 68.6 Å². The molecule has 0 bridgehead atoms. The summed E-state index contributed by atoms with van der Waals surface area (Å²) in [7, 11) is 2.17. The highest BCUT2D eigenvalue weighted by Gasteiger charge is 2.04. The molecule has 2 N–H and O–H groups in total. The molecule has 0 aromatic heterocycles. The molecule has 0 aliphatic carbocycles. The molecule has 208 valence electrons. The summed E-state index contributed by atoms with van der Waals surface area (Å²) in [5, 5.41) is 5.74. The summed E-state index contributed by atoms with van der Waals surface area (Å²) in [5.74, 6) is 1.19. The van der Waals surface area contributed by atoms with Gasteiger partial charge in [0.2, 0.25) is 5.91 Å². The SMILES string of the molecule is C/C=C1\CCCCO1.C=CC(=C)CN(CC)CCNC(C)=O.C=CNc1ccccc1.CN1CCCC1. The van der Waals surface area contributed by atoms with Crippen molar-refractivity contribution in [1.29, 1.82) is 0 Å². The zero-order valence-electron chi connectivity index (χ0n) is 23.9. The van der Waals surface area contributed by atoms with Gasteiger partial charge in [0.1, 0.15) is 0 Å². The zero-order valence-corrected chi connectivity index (χ0v) is 23.9. The molecule has 1 amide bonds. The Bertz CT molecular complexity index is 763. The molecule has 2 aliphatic rings. The minimum atomic E-state index is 0.0172. The van der Waals surface area contributed by atoms with Crippen molar-refractivity contribution >= 4 is 11.6 Å². The molecule has 0 spiro atoms. The molecule has 2 aliphatic heterocycles. The van der Waals surface area contributed by atoms with Gasteiger partial charge in [-0.1, -0.05) is 50.9 Å². The molecule has 2 saturated heterocycles. The zero-order chi connectivity index (χ0) is 27.7. The summed E-state index contributed by atoms with van der Waals surface area (Å²) in [6.07, 6.45) is 12.0. The Labute approximate surface area is 227 Å². The fourth-order valence-electron chi connectivity index (χ4n) is 3.52. The first-order chi connectivity index (χ1) is 17.9. The molecule has 2 fully saturated rings. The predicted octanol–water partition coefficient (Wildman–Crippen LogP) is 6.23. The van der Waals surface area contributed by atoms with E-state index in [9.17, 15) is 4.79 Å². The van der Waals surface area contributed by atoms with Gasteiger partial charge in [-0.3, -0.25) is 9.69 Å². The summed E-state index contributed by atoms with van der Waals surface area (Å²) in [6, 6.07) is 9.91. The van der Waals surface area contributed by atoms with Gasteiger partial charge in [0.15, 0.2) is 0 Å². The van der Waals surface area contributed by atoms with Crippen molar-refractivity contribution in [3.63, 3.8) is 0 Å². The molecule has 2 heterocycles. The smallest absolute Gasteiger partial charge is 0.216 e. The number of amides is 1. The average Bonchev–Trinajstić information content (AvgIpc) is 3.41. The molecule has 6 nitrogen and oxygen atoms in total. The van der Waals surface area contributed by atoms with Gasteiger partial charge in [0.25, 0.3) is 0 Å². The monoisotopic (exact) mass is 512 g/mol. The maximum Gasteiger partial charge on any atom is 0.216 e. The van der Waals surface area contributed by atoms with Crippen molar-refractivity contribution in [3.05, 3.63) is 79.8 Å². The number of carbonyl (C=O) groups excluding carboxylic acids is 1. The number of likely N-dealkylation sites (tertiary alicyclic amines) is 1. The van der Waals surface area contributed by atoms with E-state index in [2.05, 4.69) is 60.2 Å². The van der Waals surface area contributed by atoms with Gasteiger partial charge in [-0.2, -0.15) is 0 Å². The van der Waals surface area contributed by atoms with Gasteiger partial charge >= 0.3 is 0 Å². The quantitative estimate of drug-likeness (QED) is 0.384. The van der Waals surface area contributed by atoms with Gasteiger partial charge in [-0.15, -0.1) is 0 Å². The third kappa shape index (κ3) is 21.0. The Morgan fingerprint density at radius 3 is 2.22 bits per heavy atom. The number of likely N-dealkylation sites (N-methyl/N-ethyl adjacent to an activating group) is 1. The van der Waals surface area contributed by atoms with E-state index in [1.165, 1.54) is 51.5 Å². The molecule has 6 heteroatoms. The molecule has 37 heavy (non-hydrogen) atoms. The first-order valence-corrected chi connectivity index (χ1v) is 13.5. The Balaban J connectivity index is 0.000000488. The summed E-state index contributed by atoms with van der Waals surface area (Å²) in [4.78, 5) is 15.2. The predicted molar refractivity (Wildman–Crippen MR) is 161 cm³/mol. The van der Waals surface area contributed by atoms with Crippen LogP contribution in [0, 0.1) is 0 Å². The molecule has 1 aromatic rings. The molecular weight excluding hydrogens is 460 g/mol. The van der Waals surface area contributed by atoms with Crippen LogP contribution in [0.25, 0.3) is 0 Å². The largest absolute Gasteiger partial charge is 0.498 e. The lowest BCUT2D eigenvalue weighted by molar-refractivity contribution is -0.119. The maximum absolute atomic E-state index is 10.6. The highest BCUT2D eigenvalue weighted by Crippen LogP contribution is 2.14. The van der Waals surface area contributed by atoms with Crippen LogP contribution in [0.5, 0.6) is 0 Å². The molecular formula is C31H52N4O2. The highest BCUT2D eigenvalue weighted by atomic mass is 16.5. The van der Waals surface area contributed by atoms with Crippen molar-refractivity contribution in [2.24, 2.45) is 0 Å². The average molecular weight is 513 g/mol. The van der Waals surface area contributed by atoms with E-state index in [1.807, 2.05) is 37.3 Å². The van der Waals surface area contributed by atoms with E-state index in [0.717, 1.165) is 43.9 Å². The summed E-state index contributed by atoms with van der Waals surface area (Å²) < 4.78 is 5.29. The van der Waals surface area contributed by atoms with Crippen LogP contribution in [0.1, 0.15) is 52.9 Å². The van der Waals surface area contributed by atoms with Crippen molar-refractivity contribution in [2.45, 2.75) is 52.9 Å². The summed E-state index contributed by atoms with van der Waals surface area (Å²) in [5.41, 5.74) is 2.09. The number of benzene rings is 1. The van der Waals surface area contributed by atoms with Crippen LogP contribution in [0.15, 0.2) is 79.8 Å². The Kier molecular flexibility index (Phi) is 21.8. The number of rotatable bonds is 9. The standard InChI is InChI=1S/C11H20N2O.C8H9N.C7H12O.C5H11N/c1-5-10(3)9-13(6-2)8-7-12-11(4)14;1-2-9-8-6-4-3-5-7-8;1-2-7-5-3-4-6-8-7;1-6-4-2-3-5-6/h5H,1,3,6-9H2,2,4H3,(H,12,14);2-7,9H,1H2;2H,3-6H2,1H3;2-5H2,1H3/b;;7-2+;. The number of anilines is 1. The second kappa shape index (κ2) is 23.6. The number of hydrogen-bond acceptors (Lipinski definition) is 5. The number of carbonyl (C=O) groups is 1. The normalized spacial score (nSPS) is 15.4. The summed E-state index contributed by atoms with van der Waals surface area (Å²) in [6.45, 7) is 23.6. The third-order valence-corrected chi connectivity index (χ3v) is 5.76. The lowest BCUT2D eigenvalue weighted by atomic mass is 10.2. The minimum Gasteiger partial charge on any atom is -0.498 e. The summed E-state index contributed by atoms with van der Waals surface area (Å²) >= 11 is 0. The second-order valence-electron chi connectivity index (χ2n) is 9.00. The first kappa shape index (κ1) is 34.2. The number of hydrogen-bond donors (Lipinski definition) is 2. The molecule has 1 aromatic carbocycles. The topological polar surface area (TPSA) is 56.8 Å². The van der Waals surface area contributed by atoms with Crippen molar-refractivity contribution in [2.75, 3.05) is 58.2 Å². The highest BCUT2D eigenvalue weighted by molar-refractivity contribution is 5.72. The Morgan fingerprint density at radius 1 is 1.14 bits per heavy atom. The Hall–Kier alpha value is -2.83. The van der Waals surface area contributed by atoms with E-state index in [4.69, 9.17) is 4.74 Å². The molecule has 0 radical (unpaired) electrons. The molecule has 0 atom stereocenters. The van der Waals surface area contributed by atoms with Crippen LogP contribution < -0.4 is 10.6 Å². The third-order valence-electron chi connectivity index (χ3n) is 5.76. The van der Waals surface area contributed by atoms with E-state index >= 15 is 0 Å². The molecule has 0 unspecified atom stereocenters. The van der Waals surface area contributed by atoms with Crippen molar-refractivity contribution in [3.8, 4) is 0 Å². The lowest BCUT2D eigenvalue weighted by Crippen LogP contribution is -2.34. The van der Waals surface area contributed by atoms with E-state index in [1.54, 1.807) is 12.3 Å². The van der Waals surface area contributed by atoms with Gasteiger partial charge < -0.3 is 20.3 Å². The molecule has 3 rings (SSSR count). The number of nitrogens with zero attached hydrogens (tertiary/aromatic N) is 2. The number of ether oxygens (including phenoxy) is 1. The maximum atomic E-state index is 10.6. The Morgan fingerprint density at radius 2 is 1.81 bits per heavy atom. The van der Waals surface area contributed by atoms with Gasteiger partial charge in [0, 0.05) is 38.7 Å².